The van der Waals surface area contributed by atoms with E-state index in [0.717, 1.165) is 27.8 Å². The van der Waals surface area contributed by atoms with Gasteiger partial charge in [0.15, 0.2) is 0 Å². The van der Waals surface area contributed by atoms with E-state index in [9.17, 15) is 19.5 Å². The van der Waals surface area contributed by atoms with E-state index in [0.29, 0.717) is 0 Å². The maximum Gasteiger partial charge on any atom is 0.407 e. The van der Waals surface area contributed by atoms with Gasteiger partial charge in [0.25, 0.3) is 0 Å². The van der Waals surface area contributed by atoms with Gasteiger partial charge in [0, 0.05) is 12.5 Å². The largest absolute Gasteiger partial charge is 0.467 e. The molecule has 4 rings (SSSR count). The van der Waals surface area contributed by atoms with Gasteiger partial charge in [0.1, 0.15) is 12.6 Å². The van der Waals surface area contributed by atoms with Crippen LogP contribution in [-0.2, 0) is 25.7 Å². The van der Waals surface area contributed by atoms with Gasteiger partial charge < -0.3 is 25.2 Å². The molecular weight excluding hydrogens is 460 g/mol. The van der Waals surface area contributed by atoms with Crippen molar-refractivity contribution < 1.29 is 29.0 Å². The Labute approximate surface area is 209 Å². The molecule has 3 aromatic carbocycles. The molecule has 0 aromatic heterocycles. The third kappa shape index (κ3) is 5.72. The van der Waals surface area contributed by atoms with Crippen LogP contribution in [0.2, 0.25) is 0 Å². The molecule has 186 valence electrons. The predicted octanol–water partition coefficient (Wildman–Crippen LogP) is 3.13. The van der Waals surface area contributed by atoms with Crippen molar-refractivity contribution in [2.24, 2.45) is 0 Å². The standard InChI is InChI=1S/C28H28N2O6/c1-35-27(33)26(25-22-13-7-5-11-20(22)21-12-6-8-14-23(21)25)30-24(32)15-19(31)16-29-28(34)36-17-18-9-3-2-4-10-18/h2-14,19,25-26,31H,15-17H2,1H3,(H,29,34)(H,30,32)/t19-,26+/m1/s1. The molecule has 1 aliphatic rings. The van der Waals surface area contributed by atoms with Crippen LogP contribution < -0.4 is 10.6 Å². The lowest BCUT2D eigenvalue weighted by Gasteiger charge is -2.25. The lowest BCUT2D eigenvalue weighted by molar-refractivity contribution is -0.145. The molecule has 0 radical (unpaired) electrons. The molecule has 2 amide bonds. The predicted molar refractivity (Wildman–Crippen MR) is 133 cm³/mol. The number of fused-ring (bicyclic) bond motifs is 3. The Morgan fingerprint density at radius 2 is 1.47 bits per heavy atom. The second-order valence-corrected chi connectivity index (χ2v) is 8.52. The zero-order valence-electron chi connectivity index (χ0n) is 19.8. The van der Waals surface area contributed by atoms with E-state index in [1.165, 1.54) is 7.11 Å². The molecule has 0 saturated heterocycles. The fourth-order valence-corrected chi connectivity index (χ4v) is 4.45. The lowest BCUT2D eigenvalue weighted by Crippen LogP contribution is -2.47. The molecule has 3 N–H and O–H groups in total. The number of alkyl carbamates (subject to hydrolysis) is 1. The molecule has 0 spiro atoms. The van der Waals surface area contributed by atoms with Gasteiger partial charge in [-0.15, -0.1) is 0 Å². The fraction of sp³-hybridized carbons (Fsp3) is 0.250. The number of aliphatic hydroxyl groups excluding tert-OH is 1. The van der Waals surface area contributed by atoms with Gasteiger partial charge in [-0.25, -0.2) is 9.59 Å². The van der Waals surface area contributed by atoms with Crippen LogP contribution in [0, 0.1) is 0 Å². The van der Waals surface area contributed by atoms with Crippen molar-refractivity contribution in [3.63, 3.8) is 0 Å². The molecular formula is C28H28N2O6. The number of rotatable bonds is 9. The molecule has 8 nitrogen and oxygen atoms in total. The van der Waals surface area contributed by atoms with E-state index in [4.69, 9.17) is 9.47 Å². The summed E-state index contributed by atoms with van der Waals surface area (Å²) in [7, 11) is 1.27. The number of hydrogen-bond donors (Lipinski definition) is 3. The highest BCUT2D eigenvalue weighted by Crippen LogP contribution is 2.46. The average molecular weight is 489 g/mol. The van der Waals surface area contributed by atoms with Crippen LogP contribution in [0.5, 0.6) is 0 Å². The Bertz CT molecular complexity index is 1180. The van der Waals surface area contributed by atoms with E-state index in [2.05, 4.69) is 10.6 Å². The normalized spacial score (nSPS) is 13.6. The molecule has 3 aromatic rings. The first-order valence-corrected chi connectivity index (χ1v) is 11.7. The minimum atomic E-state index is -1.17. The molecule has 0 fully saturated rings. The summed E-state index contributed by atoms with van der Waals surface area (Å²) in [6.07, 6.45) is -2.19. The van der Waals surface area contributed by atoms with E-state index in [1.54, 1.807) is 0 Å². The van der Waals surface area contributed by atoms with Crippen molar-refractivity contribution in [2.75, 3.05) is 13.7 Å². The van der Waals surface area contributed by atoms with Crippen LogP contribution in [0.15, 0.2) is 78.9 Å². The Morgan fingerprint density at radius 1 is 0.889 bits per heavy atom. The number of hydrogen-bond acceptors (Lipinski definition) is 6. The van der Waals surface area contributed by atoms with Gasteiger partial charge in [-0.1, -0.05) is 78.9 Å². The highest BCUT2D eigenvalue weighted by Gasteiger charge is 2.39. The first-order valence-electron chi connectivity index (χ1n) is 11.7. The summed E-state index contributed by atoms with van der Waals surface area (Å²) in [5.74, 6) is -1.56. The Kier molecular flexibility index (Phi) is 7.97. The van der Waals surface area contributed by atoms with Crippen molar-refractivity contribution in [3.05, 3.63) is 95.6 Å². The maximum atomic E-state index is 12.8. The molecule has 36 heavy (non-hydrogen) atoms. The zero-order valence-corrected chi connectivity index (χ0v) is 19.8. The van der Waals surface area contributed by atoms with Crippen molar-refractivity contribution in [3.8, 4) is 11.1 Å². The summed E-state index contributed by atoms with van der Waals surface area (Å²) in [5.41, 5.74) is 4.66. The first-order chi connectivity index (χ1) is 17.5. The van der Waals surface area contributed by atoms with Crippen LogP contribution in [-0.4, -0.2) is 48.9 Å². The van der Waals surface area contributed by atoms with Crippen LogP contribution in [0.3, 0.4) is 0 Å². The number of carbonyl (C=O) groups is 3. The third-order valence-corrected chi connectivity index (χ3v) is 6.10. The summed E-state index contributed by atoms with van der Waals surface area (Å²) in [4.78, 5) is 37.5. The lowest BCUT2D eigenvalue weighted by atomic mass is 9.89. The molecule has 1 aliphatic carbocycles. The molecule has 0 heterocycles. The van der Waals surface area contributed by atoms with Gasteiger partial charge in [-0.2, -0.15) is 0 Å². The molecule has 0 unspecified atom stereocenters. The zero-order chi connectivity index (χ0) is 25.5. The summed E-state index contributed by atoms with van der Waals surface area (Å²) in [5, 5.41) is 15.5. The Balaban J connectivity index is 1.37. The Morgan fingerprint density at radius 3 is 2.08 bits per heavy atom. The first kappa shape index (κ1) is 24.9. The number of nitrogens with one attached hydrogen (secondary N) is 2. The molecule has 2 atom stereocenters. The fourth-order valence-electron chi connectivity index (χ4n) is 4.45. The second kappa shape index (κ2) is 11.5. The average Bonchev–Trinajstić information content (AvgIpc) is 3.24. The van der Waals surface area contributed by atoms with Crippen LogP contribution in [0.4, 0.5) is 4.79 Å². The minimum absolute atomic E-state index is 0.0917. The van der Waals surface area contributed by atoms with Gasteiger partial charge in [-0.3, -0.25) is 4.79 Å². The van der Waals surface area contributed by atoms with Crippen LogP contribution >= 0.6 is 0 Å². The van der Waals surface area contributed by atoms with E-state index in [1.807, 2.05) is 78.9 Å². The van der Waals surface area contributed by atoms with E-state index >= 15 is 0 Å². The summed E-state index contributed by atoms with van der Waals surface area (Å²) in [6, 6.07) is 23.7. The number of methoxy groups -OCH3 is 1. The van der Waals surface area contributed by atoms with Gasteiger partial charge >= 0.3 is 12.1 Å². The maximum absolute atomic E-state index is 12.8. The smallest absolute Gasteiger partial charge is 0.407 e. The topological polar surface area (TPSA) is 114 Å². The number of amides is 2. The number of aliphatic hydroxyl groups is 1. The summed E-state index contributed by atoms with van der Waals surface area (Å²) in [6.45, 7) is -0.0899. The number of ether oxygens (including phenoxy) is 2. The molecule has 0 saturated carbocycles. The third-order valence-electron chi connectivity index (χ3n) is 6.10. The quantitative estimate of drug-likeness (QED) is 0.399. The van der Waals surface area contributed by atoms with Crippen molar-refractivity contribution in [2.45, 2.75) is 31.1 Å². The molecule has 0 bridgehead atoms. The van der Waals surface area contributed by atoms with Gasteiger partial charge in [0.2, 0.25) is 5.91 Å². The van der Waals surface area contributed by atoms with Crippen molar-refractivity contribution in [1.82, 2.24) is 10.6 Å². The van der Waals surface area contributed by atoms with Crippen LogP contribution in [0.1, 0.15) is 29.0 Å². The minimum Gasteiger partial charge on any atom is -0.467 e. The number of esters is 1. The van der Waals surface area contributed by atoms with E-state index < -0.39 is 36.0 Å². The number of carbonyl (C=O) groups excluding carboxylic acids is 3. The monoisotopic (exact) mass is 488 g/mol. The highest BCUT2D eigenvalue weighted by molar-refractivity contribution is 5.89. The SMILES string of the molecule is COC(=O)[C@@H](NC(=O)C[C@@H](O)CNC(=O)OCc1ccccc1)C1c2ccccc2-c2ccccc21. The Hall–Kier alpha value is -4.17. The van der Waals surface area contributed by atoms with Gasteiger partial charge in [0.05, 0.1) is 19.6 Å². The summed E-state index contributed by atoms with van der Waals surface area (Å²) >= 11 is 0. The van der Waals surface area contributed by atoms with E-state index in [-0.39, 0.29) is 19.6 Å². The van der Waals surface area contributed by atoms with Crippen molar-refractivity contribution >= 4 is 18.0 Å². The second-order valence-electron chi connectivity index (χ2n) is 8.52. The summed E-state index contributed by atoms with van der Waals surface area (Å²) < 4.78 is 10.1. The molecule has 0 aliphatic heterocycles. The molecule has 8 heteroatoms. The van der Waals surface area contributed by atoms with Crippen molar-refractivity contribution in [1.29, 1.82) is 0 Å². The number of benzene rings is 3. The highest BCUT2D eigenvalue weighted by atomic mass is 16.5. The van der Waals surface area contributed by atoms with Crippen LogP contribution in [0.25, 0.3) is 11.1 Å². The van der Waals surface area contributed by atoms with Gasteiger partial charge in [-0.05, 0) is 27.8 Å².